The van der Waals surface area contributed by atoms with Crippen LogP contribution in [0.3, 0.4) is 0 Å². The number of ether oxygens (including phenoxy) is 3. The average Bonchev–Trinajstić information content (AvgIpc) is 3.68. The third-order valence-corrected chi connectivity index (χ3v) is 16.7. The van der Waals surface area contributed by atoms with Crippen molar-refractivity contribution in [2.24, 2.45) is 51.3 Å². The Hall–Kier alpha value is -4.13. The van der Waals surface area contributed by atoms with Crippen LogP contribution in [0.1, 0.15) is 136 Å². The standard InChI is InChI=1S/C54H66F15NO4/c1-33(2)10-9-11-34(3)42-23-24-43-41-22-15-36-30-40(25-27-46(36,4)44(41)26-28-47(42,43)5)74-45(71)12-7-6-8-29-72-38-18-13-35(14-19-38)31-70-37-16-20-39(21-17-37)73-32-48(55,56)49(57,58)50(59,60)51(61,62)52(63,64)53(65,66)54(67,68)69/h13-21,31,33-34,40-44H,6-12,22-30,32H2,1-5H3/t34-,40+,41+,42-,43+,44+,46+,47-/m1/s1. The van der Waals surface area contributed by atoms with Crippen molar-refractivity contribution < 1.29 is 84.9 Å². The van der Waals surface area contributed by atoms with E-state index in [9.17, 15) is 70.7 Å². The zero-order valence-corrected chi connectivity index (χ0v) is 42.1. The zero-order chi connectivity index (χ0) is 54.9. The Morgan fingerprint density at radius 3 is 1.92 bits per heavy atom. The predicted octanol–water partition coefficient (Wildman–Crippen LogP) is 17.1. The highest BCUT2D eigenvalue weighted by Gasteiger charge is 2.93. The Morgan fingerprint density at radius 2 is 1.28 bits per heavy atom. The second-order valence-electron chi connectivity index (χ2n) is 22.0. The monoisotopic (exact) mass is 1080 g/mol. The molecule has 2 aromatic carbocycles. The minimum Gasteiger partial charge on any atom is -0.494 e. The number of fused-ring (bicyclic) bond motifs is 5. The number of aliphatic imine (C=N–C) groups is 1. The Balaban J connectivity index is 0.886. The molecule has 416 valence electrons. The van der Waals surface area contributed by atoms with E-state index in [2.05, 4.69) is 50.4 Å². The van der Waals surface area contributed by atoms with E-state index in [4.69, 9.17) is 9.47 Å². The lowest BCUT2D eigenvalue weighted by Gasteiger charge is -2.58. The maximum absolute atomic E-state index is 14.2. The molecule has 3 fully saturated rings. The third-order valence-electron chi connectivity index (χ3n) is 16.7. The maximum atomic E-state index is 14.2. The summed E-state index contributed by atoms with van der Waals surface area (Å²) in [4.78, 5) is 17.0. The lowest BCUT2D eigenvalue weighted by molar-refractivity contribution is -0.453. The Kier molecular flexibility index (Phi) is 17.6. The molecule has 0 unspecified atom stereocenters. The van der Waals surface area contributed by atoms with Crippen molar-refractivity contribution in [2.45, 2.75) is 179 Å². The topological polar surface area (TPSA) is 57.1 Å². The molecule has 0 aromatic heterocycles. The molecular formula is C54H66F15NO4. The van der Waals surface area contributed by atoms with Gasteiger partial charge in [-0.3, -0.25) is 9.79 Å². The number of allylic oxidation sites excluding steroid dienone is 1. The van der Waals surface area contributed by atoms with Crippen molar-refractivity contribution in [1.29, 1.82) is 0 Å². The summed E-state index contributed by atoms with van der Waals surface area (Å²) in [5.74, 6) is -43.0. The molecule has 0 spiro atoms. The first-order chi connectivity index (χ1) is 34.2. The number of benzene rings is 2. The van der Waals surface area contributed by atoms with Gasteiger partial charge in [-0.05, 0) is 165 Å². The summed E-state index contributed by atoms with van der Waals surface area (Å²) in [6, 6.07) is 10.2. The summed E-state index contributed by atoms with van der Waals surface area (Å²) in [6.45, 7) is 9.69. The normalized spacial score (nSPS) is 26.6. The van der Waals surface area contributed by atoms with Gasteiger partial charge in [0.1, 0.15) is 17.6 Å². The fourth-order valence-corrected chi connectivity index (χ4v) is 12.4. The van der Waals surface area contributed by atoms with E-state index >= 15 is 0 Å². The van der Waals surface area contributed by atoms with Crippen molar-refractivity contribution in [2.75, 3.05) is 13.2 Å². The molecule has 4 aliphatic rings. The van der Waals surface area contributed by atoms with Crippen LogP contribution >= 0.6 is 0 Å². The van der Waals surface area contributed by atoms with Crippen molar-refractivity contribution >= 4 is 17.9 Å². The van der Waals surface area contributed by atoms with Crippen LogP contribution < -0.4 is 9.47 Å². The quantitative estimate of drug-likeness (QED) is 0.0366. The first-order valence-corrected chi connectivity index (χ1v) is 25.5. The summed E-state index contributed by atoms with van der Waals surface area (Å²) in [5.41, 5.74) is 2.72. The highest BCUT2D eigenvalue weighted by Crippen LogP contribution is 2.68. The highest BCUT2D eigenvalue weighted by atomic mass is 19.4. The molecule has 20 heteroatoms. The number of unbranched alkanes of at least 4 members (excludes halogenated alkanes) is 2. The van der Waals surface area contributed by atoms with Gasteiger partial charge in [0.2, 0.25) is 0 Å². The average molecular weight is 1080 g/mol. The van der Waals surface area contributed by atoms with Gasteiger partial charge >= 0.3 is 47.7 Å². The smallest absolute Gasteiger partial charge is 0.460 e. The number of halogens is 15. The molecule has 4 aliphatic carbocycles. The minimum atomic E-state index is -8.36. The number of carbonyl (C=O) groups excluding carboxylic acids is 1. The summed E-state index contributed by atoms with van der Waals surface area (Å²) in [6.07, 6.45) is 11.7. The summed E-state index contributed by atoms with van der Waals surface area (Å²) in [5, 5.41) is 0. The number of rotatable bonds is 23. The number of nitrogens with zero attached hydrogens (tertiary/aromatic N) is 1. The molecule has 0 radical (unpaired) electrons. The summed E-state index contributed by atoms with van der Waals surface area (Å²) >= 11 is 0. The van der Waals surface area contributed by atoms with E-state index in [-0.39, 0.29) is 23.2 Å². The van der Waals surface area contributed by atoms with Gasteiger partial charge in [-0.1, -0.05) is 65.5 Å². The van der Waals surface area contributed by atoms with Crippen molar-refractivity contribution in [3.8, 4) is 11.5 Å². The zero-order valence-electron chi connectivity index (χ0n) is 42.1. The fraction of sp³-hybridized carbons (Fsp3) is 0.704. The molecule has 8 atom stereocenters. The predicted molar refractivity (Wildman–Crippen MR) is 248 cm³/mol. The lowest BCUT2D eigenvalue weighted by Crippen LogP contribution is -2.73. The molecule has 74 heavy (non-hydrogen) atoms. The molecule has 0 aliphatic heterocycles. The van der Waals surface area contributed by atoms with Crippen LogP contribution in [0.25, 0.3) is 0 Å². The van der Waals surface area contributed by atoms with Gasteiger partial charge in [0.25, 0.3) is 0 Å². The van der Waals surface area contributed by atoms with Crippen LogP contribution in [-0.2, 0) is 9.53 Å². The summed E-state index contributed by atoms with van der Waals surface area (Å²) in [7, 11) is 0. The van der Waals surface area contributed by atoms with Crippen LogP contribution in [0.5, 0.6) is 11.5 Å². The number of esters is 1. The molecule has 0 N–H and O–H groups in total. The largest absolute Gasteiger partial charge is 0.494 e. The molecule has 3 saturated carbocycles. The van der Waals surface area contributed by atoms with E-state index in [1.54, 1.807) is 24.3 Å². The van der Waals surface area contributed by atoms with Crippen LogP contribution in [-0.4, -0.2) is 73.2 Å². The van der Waals surface area contributed by atoms with Gasteiger partial charge in [0.05, 0.1) is 12.3 Å². The first-order valence-electron chi connectivity index (χ1n) is 25.5. The molecule has 0 saturated heterocycles. The minimum absolute atomic E-state index is 0.0836. The SMILES string of the molecule is CC(C)CCC[C@@H](C)[C@H]1CC[C@H]2[C@@H]3CC=C4C[C@@H](OC(=O)CCCCCOc5ccc(C=Nc6ccc(OCC(F)(F)C(F)(F)C(F)(F)C(F)(F)C(F)(F)C(F)(F)C(F)(F)F)cc6)cc5)CC[C@]4(C)[C@H]3CC[C@]12C. The Morgan fingerprint density at radius 1 is 0.676 bits per heavy atom. The van der Waals surface area contributed by atoms with Gasteiger partial charge in [-0.25, -0.2) is 0 Å². The molecule has 0 amide bonds. The lowest BCUT2D eigenvalue weighted by atomic mass is 9.47. The van der Waals surface area contributed by atoms with Gasteiger partial charge in [-0.15, -0.1) is 0 Å². The van der Waals surface area contributed by atoms with Crippen molar-refractivity contribution in [1.82, 2.24) is 0 Å². The van der Waals surface area contributed by atoms with Crippen LogP contribution in [0.15, 0.2) is 65.2 Å². The molecule has 0 bridgehead atoms. The van der Waals surface area contributed by atoms with E-state index in [1.807, 2.05) is 0 Å². The maximum Gasteiger partial charge on any atom is 0.460 e. The van der Waals surface area contributed by atoms with Gasteiger partial charge < -0.3 is 14.2 Å². The van der Waals surface area contributed by atoms with Gasteiger partial charge in [0, 0.05) is 19.1 Å². The molecule has 0 heterocycles. The van der Waals surface area contributed by atoms with Gasteiger partial charge in [-0.2, -0.15) is 65.9 Å². The summed E-state index contributed by atoms with van der Waals surface area (Å²) < 4.78 is 218. The first kappa shape index (κ1) is 59.1. The Labute approximate surface area is 422 Å². The molecule has 5 nitrogen and oxygen atoms in total. The second-order valence-corrected chi connectivity index (χ2v) is 22.0. The van der Waals surface area contributed by atoms with Crippen LogP contribution in [0.2, 0.25) is 0 Å². The van der Waals surface area contributed by atoms with E-state index in [0.29, 0.717) is 48.5 Å². The van der Waals surface area contributed by atoms with Crippen LogP contribution in [0.4, 0.5) is 71.5 Å². The number of hydrogen-bond acceptors (Lipinski definition) is 5. The van der Waals surface area contributed by atoms with Gasteiger partial charge in [0.15, 0.2) is 6.61 Å². The van der Waals surface area contributed by atoms with E-state index < -0.39 is 54.1 Å². The Bertz CT molecular complexity index is 2270. The van der Waals surface area contributed by atoms with Crippen molar-refractivity contribution in [3.63, 3.8) is 0 Å². The van der Waals surface area contributed by atoms with Crippen LogP contribution in [0, 0.1) is 46.3 Å². The fourth-order valence-electron chi connectivity index (χ4n) is 12.4. The second kappa shape index (κ2) is 22.1. The molecular weight excluding hydrogens is 1010 g/mol. The number of carbonyl (C=O) groups is 1. The third kappa shape index (κ3) is 11.6. The number of alkyl halides is 15. The highest BCUT2D eigenvalue weighted by molar-refractivity contribution is 5.82. The van der Waals surface area contributed by atoms with E-state index in [0.717, 1.165) is 86.0 Å². The molecule has 2 aromatic rings. The molecule has 6 rings (SSSR count). The van der Waals surface area contributed by atoms with E-state index in [1.165, 1.54) is 56.7 Å². The van der Waals surface area contributed by atoms with Crippen molar-refractivity contribution in [3.05, 3.63) is 65.7 Å². The number of hydrogen-bond donors (Lipinski definition) is 0.